The average Bonchev–Trinajstić information content (AvgIpc) is 2.59. The molecule has 1 aliphatic rings. The summed E-state index contributed by atoms with van der Waals surface area (Å²) in [6.45, 7) is 3.76. The molecule has 0 atom stereocenters. The largest absolute Gasteiger partial charge is 0.505 e. The number of benzene rings is 2. The summed E-state index contributed by atoms with van der Waals surface area (Å²) >= 11 is 11.8. The van der Waals surface area contributed by atoms with Gasteiger partial charge in [0.05, 0.1) is 15.7 Å². The van der Waals surface area contributed by atoms with Crippen molar-refractivity contribution >= 4 is 52.8 Å². The van der Waals surface area contributed by atoms with E-state index in [1.165, 1.54) is 18.2 Å². The number of carbonyl (C=O) groups is 3. The number of aryl methyl sites for hydroxylation is 2. The number of rotatable bonds is 2. The second-order valence-electron chi connectivity index (χ2n) is 6.06. The van der Waals surface area contributed by atoms with Crippen molar-refractivity contribution in [3.05, 3.63) is 62.6 Å². The summed E-state index contributed by atoms with van der Waals surface area (Å²) in [5.41, 5.74) is 2.32. The van der Waals surface area contributed by atoms with Crippen LogP contribution >= 0.6 is 23.2 Å². The number of anilines is 1. The van der Waals surface area contributed by atoms with Crippen molar-refractivity contribution in [1.82, 2.24) is 5.32 Å². The normalized spacial score (nSPS) is 16.1. The smallest absolute Gasteiger partial charge is 0.335 e. The molecule has 3 rings (SSSR count). The molecular formula is C19H14Cl2N2O4. The van der Waals surface area contributed by atoms with Crippen molar-refractivity contribution < 1.29 is 19.5 Å². The van der Waals surface area contributed by atoms with Crippen molar-refractivity contribution in [1.29, 1.82) is 0 Å². The highest BCUT2D eigenvalue weighted by molar-refractivity contribution is 6.40. The average molecular weight is 405 g/mol. The van der Waals surface area contributed by atoms with Gasteiger partial charge in [-0.3, -0.25) is 14.9 Å². The first-order chi connectivity index (χ1) is 12.7. The first-order valence-corrected chi connectivity index (χ1v) is 8.61. The molecular weight excluding hydrogens is 391 g/mol. The molecule has 6 nitrogen and oxygen atoms in total. The van der Waals surface area contributed by atoms with Crippen LogP contribution in [0.5, 0.6) is 5.75 Å². The molecule has 1 fully saturated rings. The van der Waals surface area contributed by atoms with Crippen LogP contribution in [0.1, 0.15) is 16.7 Å². The van der Waals surface area contributed by atoms with Gasteiger partial charge in [0.1, 0.15) is 5.57 Å². The van der Waals surface area contributed by atoms with Crippen LogP contribution in [0.15, 0.2) is 35.9 Å². The van der Waals surface area contributed by atoms with Gasteiger partial charge in [-0.2, -0.15) is 0 Å². The van der Waals surface area contributed by atoms with E-state index in [9.17, 15) is 19.5 Å². The van der Waals surface area contributed by atoms with Crippen molar-refractivity contribution in [3.63, 3.8) is 0 Å². The number of carbonyl (C=O) groups excluding carboxylic acids is 3. The maximum Gasteiger partial charge on any atom is 0.335 e. The molecule has 4 amide bonds. The SMILES string of the molecule is Cc1ccc(N2C(=O)NC(=O)/C(=C\c3cc(Cl)c(O)c(Cl)c3)C2=O)cc1C. The van der Waals surface area contributed by atoms with Gasteiger partial charge in [-0.1, -0.05) is 29.3 Å². The number of nitrogens with one attached hydrogen (secondary N) is 1. The minimum absolute atomic E-state index is 0.0277. The van der Waals surface area contributed by atoms with E-state index in [1.54, 1.807) is 18.2 Å². The fraction of sp³-hybridized carbons (Fsp3) is 0.105. The fourth-order valence-corrected chi connectivity index (χ4v) is 3.10. The highest BCUT2D eigenvalue weighted by Gasteiger charge is 2.36. The lowest BCUT2D eigenvalue weighted by atomic mass is 10.0. The number of urea groups is 1. The first kappa shape index (κ1) is 18.9. The van der Waals surface area contributed by atoms with Crippen LogP contribution < -0.4 is 10.2 Å². The Labute approximate surface area is 165 Å². The predicted molar refractivity (Wildman–Crippen MR) is 103 cm³/mol. The van der Waals surface area contributed by atoms with Gasteiger partial charge in [0, 0.05) is 0 Å². The molecule has 0 unspecified atom stereocenters. The van der Waals surface area contributed by atoms with E-state index >= 15 is 0 Å². The lowest BCUT2D eigenvalue weighted by Crippen LogP contribution is -2.54. The van der Waals surface area contributed by atoms with Gasteiger partial charge in [0.25, 0.3) is 11.8 Å². The van der Waals surface area contributed by atoms with Crippen molar-refractivity contribution in [2.75, 3.05) is 4.90 Å². The van der Waals surface area contributed by atoms with Gasteiger partial charge in [-0.05, 0) is 60.9 Å². The molecule has 0 spiro atoms. The zero-order valence-corrected chi connectivity index (χ0v) is 15.9. The highest BCUT2D eigenvalue weighted by Crippen LogP contribution is 2.34. The Bertz CT molecular complexity index is 1010. The zero-order chi connectivity index (χ0) is 19.9. The molecule has 0 bridgehead atoms. The lowest BCUT2D eigenvalue weighted by Gasteiger charge is -2.26. The molecule has 0 saturated carbocycles. The van der Waals surface area contributed by atoms with E-state index in [0.717, 1.165) is 16.0 Å². The molecule has 2 aromatic carbocycles. The summed E-state index contributed by atoms with van der Waals surface area (Å²) in [5.74, 6) is -1.90. The summed E-state index contributed by atoms with van der Waals surface area (Å²) in [5, 5.41) is 11.7. The Kier molecular flexibility index (Phi) is 4.95. The number of halogens is 2. The maximum atomic E-state index is 12.8. The number of phenols is 1. The van der Waals surface area contributed by atoms with Crippen LogP contribution in [-0.4, -0.2) is 23.0 Å². The third kappa shape index (κ3) is 3.54. The summed E-state index contributed by atoms with van der Waals surface area (Å²) in [4.78, 5) is 38.2. The van der Waals surface area contributed by atoms with Gasteiger partial charge < -0.3 is 5.11 Å². The monoisotopic (exact) mass is 404 g/mol. The molecule has 1 heterocycles. The highest BCUT2D eigenvalue weighted by atomic mass is 35.5. The van der Waals surface area contributed by atoms with Crippen molar-refractivity contribution in [2.24, 2.45) is 0 Å². The Hall–Kier alpha value is -2.83. The molecule has 0 aliphatic carbocycles. The summed E-state index contributed by atoms with van der Waals surface area (Å²) in [6, 6.07) is 6.98. The number of nitrogens with zero attached hydrogens (tertiary/aromatic N) is 1. The molecule has 8 heteroatoms. The molecule has 1 aliphatic heterocycles. The number of barbiturate groups is 1. The number of amides is 4. The van der Waals surface area contributed by atoms with Crippen molar-refractivity contribution in [3.8, 4) is 5.75 Å². The van der Waals surface area contributed by atoms with E-state index in [-0.39, 0.29) is 21.4 Å². The second-order valence-corrected chi connectivity index (χ2v) is 6.87. The molecule has 2 aromatic rings. The van der Waals surface area contributed by atoms with Crippen LogP contribution in [0.2, 0.25) is 10.0 Å². The fourth-order valence-electron chi connectivity index (χ4n) is 2.59. The van der Waals surface area contributed by atoms with E-state index in [1.807, 2.05) is 13.8 Å². The minimum atomic E-state index is -0.828. The van der Waals surface area contributed by atoms with E-state index in [2.05, 4.69) is 5.32 Å². The van der Waals surface area contributed by atoms with Gasteiger partial charge in [0.2, 0.25) is 0 Å². The Morgan fingerprint density at radius 3 is 2.22 bits per heavy atom. The third-order valence-electron chi connectivity index (χ3n) is 4.20. The minimum Gasteiger partial charge on any atom is -0.505 e. The summed E-state index contributed by atoms with van der Waals surface area (Å²) in [6.07, 6.45) is 1.26. The van der Waals surface area contributed by atoms with Gasteiger partial charge in [-0.15, -0.1) is 0 Å². The Balaban J connectivity index is 2.06. The first-order valence-electron chi connectivity index (χ1n) is 7.85. The predicted octanol–water partition coefficient (Wildman–Crippen LogP) is 3.98. The molecule has 2 N–H and O–H groups in total. The molecule has 138 valence electrons. The molecule has 1 saturated heterocycles. The van der Waals surface area contributed by atoms with Crippen LogP contribution in [-0.2, 0) is 9.59 Å². The van der Waals surface area contributed by atoms with Crippen LogP contribution in [0, 0.1) is 13.8 Å². The van der Waals surface area contributed by atoms with E-state index < -0.39 is 17.8 Å². The van der Waals surface area contributed by atoms with Gasteiger partial charge >= 0.3 is 6.03 Å². The second kappa shape index (κ2) is 7.06. The third-order valence-corrected chi connectivity index (χ3v) is 4.78. The quantitative estimate of drug-likeness (QED) is 0.585. The maximum absolute atomic E-state index is 12.8. The Morgan fingerprint density at radius 1 is 1.00 bits per heavy atom. The number of aromatic hydroxyl groups is 1. The van der Waals surface area contributed by atoms with Crippen LogP contribution in [0.3, 0.4) is 0 Å². The van der Waals surface area contributed by atoms with Crippen molar-refractivity contribution in [2.45, 2.75) is 13.8 Å². The molecule has 0 radical (unpaired) electrons. The Morgan fingerprint density at radius 2 is 1.63 bits per heavy atom. The zero-order valence-electron chi connectivity index (χ0n) is 14.3. The van der Waals surface area contributed by atoms with Gasteiger partial charge in [0.15, 0.2) is 5.75 Å². The lowest BCUT2D eigenvalue weighted by molar-refractivity contribution is -0.122. The summed E-state index contributed by atoms with van der Waals surface area (Å²) < 4.78 is 0. The van der Waals surface area contributed by atoms with Crippen LogP contribution in [0.25, 0.3) is 6.08 Å². The standard InChI is InChI=1S/C19H14Cl2N2O4/c1-9-3-4-12(5-10(9)2)23-18(26)13(17(25)22-19(23)27)6-11-7-14(20)16(24)15(21)8-11/h3-8,24H,1-2H3,(H,22,25,27)/b13-6+. The number of hydrogen-bond donors (Lipinski definition) is 2. The molecule has 27 heavy (non-hydrogen) atoms. The van der Waals surface area contributed by atoms with Gasteiger partial charge in [-0.25, -0.2) is 9.69 Å². The summed E-state index contributed by atoms with van der Waals surface area (Å²) in [7, 11) is 0. The topological polar surface area (TPSA) is 86.7 Å². The van der Waals surface area contributed by atoms with E-state index in [0.29, 0.717) is 11.3 Å². The number of imide groups is 2. The van der Waals surface area contributed by atoms with Crippen LogP contribution in [0.4, 0.5) is 10.5 Å². The van der Waals surface area contributed by atoms with E-state index in [4.69, 9.17) is 23.2 Å². The number of hydrogen-bond acceptors (Lipinski definition) is 4. The number of phenolic OH excluding ortho intramolecular Hbond substituents is 1. The molecule has 0 aromatic heterocycles.